The van der Waals surface area contributed by atoms with Gasteiger partial charge in [-0.15, -0.1) is 0 Å². The summed E-state index contributed by atoms with van der Waals surface area (Å²) >= 11 is 1.06. The first-order valence-electron chi connectivity index (χ1n) is 5.61. The summed E-state index contributed by atoms with van der Waals surface area (Å²) in [6.45, 7) is 0.330. The second kappa shape index (κ2) is 7.14. The fourth-order valence-corrected chi connectivity index (χ4v) is 2.00. The van der Waals surface area contributed by atoms with Gasteiger partial charge in [0.15, 0.2) is 0 Å². The van der Waals surface area contributed by atoms with Crippen molar-refractivity contribution in [2.45, 2.75) is 17.6 Å². The number of alkyl halides is 3. The Bertz CT molecular complexity index is 496. The van der Waals surface area contributed by atoms with Crippen molar-refractivity contribution in [3.05, 3.63) is 23.9 Å². The molecule has 1 amide bonds. The Hall–Kier alpha value is -1.75. The van der Waals surface area contributed by atoms with E-state index in [1.807, 2.05) is 6.07 Å². The maximum Gasteiger partial charge on any atom is 0.417 e. The molecule has 1 aromatic rings. The zero-order valence-electron chi connectivity index (χ0n) is 10.6. The van der Waals surface area contributed by atoms with Crippen LogP contribution < -0.4 is 0 Å². The van der Waals surface area contributed by atoms with E-state index in [1.165, 1.54) is 11.0 Å². The van der Waals surface area contributed by atoms with Gasteiger partial charge in [0.2, 0.25) is 5.91 Å². The lowest BCUT2D eigenvalue weighted by Crippen LogP contribution is -2.29. The summed E-state index contributed by atoms with van der Waals surface area (Å²) in [5, 5.41) is 8.75. The van der Waals surface area contributed by atoms with E-state index >= 15 is 0 Å². The van der Waals surface area contributed by atoms with Gasteiger partial charge in [0.1, 0.15) is 0 Å². The molecule has 0 unspecified atom stereocenters. The lowest BCUT2D eigenvalue weighted by molar-refractivity contribution is -0.138. The highest BCUT2D eigenvalue weighted by Crippen LogP contribution is 2.29. The minimum atomic E-state index is -4.41. The summed E-state index contributed by atoms with van der Waals surface area (Å²) in [6, 6.07) is 4.09. The zero-order valence-corrected chi connectivity index (χ0v) is 11.5. The normalized spacial score (nSPS) is 10.9. The second-order valence-electron chi connectivity index (χ2n) is 3.89. The SMILES string of the molecule is CN(CCC#N)C(=O)CSc1ccc(C(F)(F)F)cn1. The van der Waals surface area contributed by atoms with E-state index in [1.54, 1.807) is 7.05 Å². The number of carbonyl (C=O) groups is 1. The summed E-state index contributed by atoms with van der Waals surface area (Å²) in [4.78, 5) is 16.7. The minimum absolute atomic E-state index is 0.0697. The van der Waals surface area contributed by atoms with Gasteiger partial charge >= 0.3 is 6.18 Å². The van der Waals surface area contributed by atoms with Crippen molar-refractivity contribution in [1.82, 2.24) is 9.88 Å². The van der Waals surface area contributed by atoms with Gasteiger partial charge in [0.05, 0.1) is 28.8 Å². The van der Waals surface area contributed by atoms with Crippen LogP contribution in [0, 0.1) is 11.3 Å². The average Bonchev–Trinajstić information content (AvgIpc) is 2.41. The molecule has 0 aromatic carbocycles. The average molecular weight is 303 g/mol. The van der Waals surface area contributed by atoms with Crippen LogP contribution in [0.25, 0.3) is 0 Å². The first-order chi connectivity index (χ1) is 9.34. The summed E-state index contributed by atoms with van der Waals surface area (Å²) in [7, 11) is 1.57. The first-order valence-corrected chi connectivity index (χ1v) is 6.60. The Morgan fingerprint density at radius 1 is 1.50 bits per heavy atom. The van der Waals surface area contributed by atoms with E-state index in [0.717, 1.165) is 24.0 Å². The van der Waals surface area contributed by atoms with E-state index < -0.39 is 11.7 Å². The van der Waals surface area contributed by atoms with Gasteiger partial charge in [-0.3, -0.25) is 4.79 Å². The van der Waals surface area contributed by atoms with Crippen LogP contribution in [0.1, 0.15) is 12.0 Å². The molecule has 0 atom stereocenters. The lowest BCUT2D eigenvalue weighted by atomic mass is 10.3. The van der Waals surface area contributed by atoms with E-state index in [9.17, 15) is 18.0 Å². The molecule has 108 valence electrons. The lowest BCUT2D eigenvalue weighted by Gasteiger charge is -2.14. The van der Waals surface area contributed by atoms with Crippen molar-refractivity contribution in [1.29, 1.82) is 5.26 Å². The van der Waals surface area contributed by atoms with Crippen LogP contribution in [0.15, 0.2) is 23.4 Å². The summed E-state index contributed by atoms with van der Waals surface area (Å²) < 4.78 is 37.0. The van der Waals surface area contributed by atoms with E-state index in [-0.39, 0.29) is 18.1 Å². The number of nitriles is 1. The largest absolute Gasteiger partial charge is 0.417 e. The Kier molecular flexibility index (Phi) is 5.82. The number of rotatable bonds is 5. The topological polar surface area (TPSA) is 57.0 Å². The standard InChI is InChI=1S/C12H12F3N3OS/c1-18(6-2-5-16)11(19)8-20-10-4-3-9(7-17-10)12(13,14)15/h3-4,7H,2,6,8H2,1H3. The predicted octanol–water partition coefficient (Wildman–Crippen LogP) is 2.56. The van der Waals surface area contributed by atoms with Crippen LogP contribution in [0.2, 0.25) is 0 Å². The fourth-order valence-electron chi connectivity index (χ4n) is 1.22. The molecule has 0 N–H and O–H groups in total. The molecule has 1 heterocycles. The highest BCUT2D eigenvalue weighted by molar-refractivity contribution is 7.99. The van der Waals surface area contributed by atoms with Crippen LogP contribution >= 0.6 is 11.8 Å². The number of hydrogen-bond donors (Lipinski definition) is 0. The number of carbonyl (C=O) groups excluding carboxylic acids is 1. The van der Waals surface area contributed by atoms with Crippen molar-refractivity contribution >= 4 is 17.7 Å². The van der Waals surface area contributed by atoms with Crippen molar-refractivity contribution < 1.29 is 18.0 Å². The quantitative estimate of drug-likeness (QED) is 0.784. The summed E-state index contributed by atoms with van der Waals surface area (Å²) in [5.41, 5.74) is -0.820. The van der Waals surface area contributed by atoms with Crippen LogP contribution in [0.3, 0.4) is 0 Å². The third-order valence-corrected chi connectivity index (χ3v) is 3.32. The third-order valence-electron chi connectivity index (χ3n) is 2.39. The molecule has 0 saturated heterocycles. The van der Waals surface area contributed by atoms with E-state index in [0.29, 0.717) is 11.6 Å². The van der Waals surface area contributed by atoms with Crippen molar-refractivity contribution in [2.24, 2.45) is 0 Å². The Morgan fingerprint density at radius 3 is 2.70 bits per heavy atom. The number of amides is 1. The Balaban J connectivity index is 2.50. The van der Waals surface area contributed by atoms with Crippen LogP contribution in [0.5, 0.6) is 0 Å². The summed E-state index contributed by atoms with van der Waals surface area (Å²) in [5.74, 6) is -0.132. The second-order valence-corrected chi connectivity index (χ2v) is 4.89. The van der Waals surface area contributed by atoms with Gasteiger partial charge < -0.3 is 4.90 Å². The Labute approximate surface area is 118 Å². The molecule has 8 heteroatoms. The molecule has 0 fully saturated rings. The number of hydrogen-bond acceptors (Lipinski definition) is 4. The maximum absolute atomic E-state index is 12.3. The van der Waals surface area contributed by atoms with Crippen LogP contribution in [0.4, 0.5) is 13.2 Å². The number of aromatic nitrogens is 1. The van der Waals surface area contributed by atoms with Crippen molar-refractivity contribution in [2.75, 3.05) is 19.3 Å². The number of thioether (sulfide) groups is 1. The van der Waals surface area contributed by atoms with Crippen LogP contribution in [-0.2, 0) is 11.0 Å². The van der Waals surface area contributed by atoms with Gasteiger partial charge in [-0.1, -0.05) is 11.8 Å². The number of pyridine rings is 1. The minimum Gasteiger partial charge on any atom is -0.344 e. The van der Waals surface area contributed by atoms with Crippen LogP contribution in [-0.4, -0.2) is 35.1 Å². The molecule has 0 aliphatic rings. The molecule has 0 radical (unpaired) electrons. The molecule has 0 spiro atoms. The smallest absolute Gasteiger partial charge is 0.344 e. The molecule has 0 aliphatic heterocycles. The van der Waals surface area contributed by atoms with Gasteiger partial charge in [0.25, 0.3) is 0 Å². The fraction of sp³-hybridized carbons (Fsp3) is 0.417. The Morgan fingerprint density at radius 2 is 2.20 bits per heavy atom. The molecular weight excluding hydrogens is 291 g/mol. The molecule has 0 aliphatic carbocycles. The number of halogens is 3. The van der Waals surface area contributed by atoms with Gasteiger partial charge in [-0.25, -0.2) is 4.98 Å². The summed E-state index contributed by atoms with van der Waals surface area (Å²) in [6.07, 6.45) is -3.43. The first kappa shape index (κ1) is 16.3. The van der Waals surface area contributed by atoms with Gasteiger partial charge in [-0.05, 0) is 12.1 Å². The van der Waals surface area contributed by atoms with Gasteiger partial charge in [0, 0.05) is 19.8 Å². The van der Waals surface area contributed by atoms with Crippen molar-refractivity contribution in [3.8, 4) is 6.07 Å². The maximum atomic E-state index is 12.3. The van der Waals surface area contributed by atoms with Gasteiger partial charge in [-0.2, -0.15) is 18.4 Å². The van der Waals surface area contributed by atoms with E-state index in [4.69, 9.17) is 5.26 Å². The predicted molar refractivity (Wildman–Crippen MR) is 67.8 cm³/mol. The molecule has 20 heavy (non-hydrogen) atoms. The highest BCUT2D eigenvalue weighted by atomic mass is 32.2. The van der Waals surface area contributed by atoms with E-state index in [2.05, 4.69) is 4.98 Å². The monoisotopic (exact) mass is 303 g/mol. The molecular formula is C12H12F3N3OS. The zero-order chi connectivity index (χ0) is 15.2. The van der Waals surface area contributed by atoms with Crippen molar-refractivity contribution in [3.63, 3.8) is 0 Å². The third kappa shape index (κ3) is 5.09. The highest BCUT2D eigenvalue weighted by Gasteiger charge is 2.30. The number of nitrogens with zero attached hydrogens (tertiary/aromatic N) is 3. The molecule has 0 saturated carbocycles. The molecule has 1 rings (SSSR count). The molecule has 4 nitrogen and oxygen atoms in total. The molecule has 1 aromatic heterocycles. The molecule has 0 bridgehead atoms.